The smallest absolute Gasteiger partial charge is 0.187 e. The molecule has 2 aliphatic rings. The third kappa shape index (κ3) is 4.67. The lowest BCUT2D eigenvalue weighted by Crippen LogP contribution is -2.61. The van der Waals surface area contributed by atoms with Crippen LogP contribution in [0.25, 0.3) is 0 Å². The Bertz CT molecular complexity index is 423. The Morgan fingerprint density at radius 1 is 0.769 bits per heavy atom. The van der Waals surface area contributed by atoms with Crippen LogP contribution in [0.5, 0.6) is 0 Å². The van der Waals surface area contributed by atoms with Gasteiger partial charge in [0.2, 0.25) is 0 Å². The van der Waals surface area contributed by atoms with E-state index in [4.69, 9.17) is 29.2 Å². The Hall–Kier alpha value is -0.480. The predicted octanol–water partition coefficient (Wildman–Crippen LogP) is -5.38. The second kappa shape index (κ2) is 9.64. The third-order valence-corrected chi connectivity index (χ3v) is 4.27. The van der Waals surface area contributed by atoms with Gasteiger partial charge in [-0.05, 0) is 0 Å². The molecule has 26 heavy (non-hydrogen) atoms. The van der Waals surface area contributed by atoms with Crippen LogP contribution >= 0.6 is 0 Å². The normalized spacial score (nSPS) is 45.0. The largest absolute Gasteiger partial charge is 0.394 e. The summed E-state index contributed by atoms with van der Waals surface area (Å²) in [4.78, 5) is 0. The van der Waals surface area contributed by atoms with Crippen LogP contribution in [0, 0.1) is 0 Å². The number of ether oxygens (including phenoxy) is 4. The molecule has 12 nitrogen and oxygen atoms in total. The molecule has 0 spiro atoms. The highest BCUT2D eigenvalue weighted by Gasteiger charge is 2.50. The van der Waals surface area contributed by atoms with Crippen LogP contribution in [-0.4, -0.2) is 129 Å². The van der Waals surface area contributed by atoms with Crippen molar-refractivity contribution >= 4 is 0 Å². The summed E-state index contributed by atoms with van der Waals surface area (Å²) >= 11 is 0. The fourth-order valence-electron chi connectivity index (χ4n) is 2.75. The van der Waals surface area contributed by atoms with E-state index in [0.717, 1.165) is 0 Å². The Balaban J connectivity index is 2.01. The van der Waals surface area contributed by atoms with E-state index in [9.17, 15) is 30.6 Å². The van der Waals surface area contributed by atoms with Crippen LogP contribution in [0.3, 0.4) is 0 Å². The van der Waals surface area contributed by atoms with E-state index in [0.29, 0.717) is 0 Å². The molecule has 0 bridgehead atoms. The van der Waals surface area contributed by atoms with Crippen molar-refractivity contribution in [2.75, 3.05) is 26.4 Å². The zero-order valence-corrected chi connectivity index (χ0v) is 13.8. The van der Waals surface area contributed by atoms with Gasteiger partial charge in [-0.15, -0.1) is 0 Å². The van der Waals surface area contributed by atoms with Crippen molar-refractivity contribution in [2.24, 2.45) is 0 Å². The van der Waals surface area contributed by atoms with E-state index < -0.39 is 81.2 Å². The molecule has 0 aromatic carbocycles. The Morgan fingerprint density at radius 3 is 1.88 bits per heavy atom. The first-order chi connectivity index (χ1) is 12.3. The van der Waals surface area contributed by atoms with Gasteiger partial charge in [0.1, 0.15) is 48.8 Å². The number of hydrogen-bond acceptors (Lipinski definition) is 12. The molecule has 0 saturated carbocycles. The van der Waals surface area contributed by atoms with Crippen molar-refractivity contribution in [1.82, 2.24) is 0 Å². The van der Waals surface area contributed by atoms with Gasteiger partial charge in [-0.2, -0.15) is 0 Å². The molecular weight excluding hydrogens is 360 g/mol. The number of rotatable bonds is 8. The molecule has 1 unspecified atom stereocenters. The summed E-state index contributed by atoms with van der Waals surface area (Å²) in [6.07, 6.45) is -13.9. The topological polar surface area (TPSA) is 199 Å². The van der Waals surface area contributed by atoms with E-state index in [-0.39, 0.29) is 6.61 Å². The molecular formula is C14H26O12. The summed E-state index contributed by atoms with van der Waals surface area (Å²) in [5.74, 6) is 0. The molecule has 2 aliphatic heterocycles. The molecule has 0 aromatic rings. The van der Waals surface area contributed by atoms with Gasteiger partial charge >= 0.3 is 0 Å². The second-order valence-corrected chi connectivity index (χ2v) is 6.18. The van der Waals surface area contributed by atoms with Crippen LogP contribution in [0.1, 0.15) is 0 Å². The average Bonchev–Trinajstić information content (AvgIpc) is 2.92. The monoisotopic (exact) mass is 386 g/mol. The van der Waals surface area contributed by atoms with Gasteiger partial charge < -0.3 is 59.8 Å². The highest BCUT2D eigenvalue weighted by Crippen LogP contribution is 2.29. The van der Waals surface area contributed by atoms with E-state index in [1.54, 1.807) is 0 Å². The summed E-state index contributed by atoms with van der Waals surface area (Å²) in [6, 6.07) is 0. The molecule has 0 radical (unpaired) electrons. The van der Waals surface area contributed by atoms with E-state index >= 15 is 0 Å². The Labute approximate surface area is 148 Å². The summed E-state index contributed by atoms with van der Waals surface area (Å²) < 4.78 is 20.9. The van der Waals surface area contributed by atoms with Gasteiger partial charge in [-0.1, -0.05) is 0 Å². The van der Waals surface area contributed by atoms with Gasteiger partial charge in [-0.3, -0.25) is 0 Å². The Kier molecular flexibility index (Phi) is 8.08. The molecule has 0 aliphatic carbocycles. The zero-order valence-electron chi connectivity index (χ0n) is 13.8. The van der Waals surface area contributed by atoms with E-state index in [2.05, 4.69) is 0 Å². The maximum absolute atomic E-state index is 10.3. The summed E-state index contributed by atoms with van der Waals surface area (Å²) in [5, 5.41) is 76.5. The summed E-state index contributed by atoms with van der Waals surface area (Å²) in [5.41, 5.74) is 0. The van der Waals surface area contributed by atoms with Crippen molar-refractivity contribution in [1.29, 1.82) is 0 Å². The maximum atomic E-state index is 10.3. The number of aliphatic hydroxyl groups is 8. The lowest BCUT2D eigenvalue weighted by Gasteiger charge is -2.42. The molecule has 0 aromatic heterocycles. The van der Waals surface area contributed by atoms with Crippen LogP contribution in [0.15, 0.2) is 0 Å². The highest BCUT2D eigenvalue weighted by molar-refractivity contribution is 4.93. The maximum Gasteiger partial charge on any atom is 0.187 e. The lowest BCUT2D eigenvalue weighted by atomic mass is 9.99. The zero-order chi connectivity index (χ0) is 19.4. The number of aliphatic hydroxyl groups excluding tert-OH is 8. The van der Waals surface area contributed by atoms with Gasteiger partial charge in [0, 0.05) is 0 Å². The Morgan fingerprint density at radius 2 is 1.35 bits per heavy atom. The second-order valence-electron chi connectivity index (χ2n) is 6.18. The summed E-state index contributed by atoms with van der Waals surface area (Å²) in [7, 11) is 0. The van der Waals surface area contributed by atoms with E-state index in [1.165, 1.54) is 0 Å². The van der Waals surface area contributed by atoms with Crippen molar-refractivity contribution in [3.8, 4) is 0 Å². The molecule has 154 valence electrons. The standard InChI is InChI=1S/C14H26O12/c15-1-5(18)4-23-13-11(22)9(20)12(7(3-17)25-13)26-14-10(21)8(19)6(2-16)24-14/h5-22H,1-4H2/t5?,6-,7+,8-,9+,10+,11+,12+,13+,14-/m0/s1. The van der Waals surface area contributed by atoms with Crippen molar-refractivity contribution in [3.05, 3.63) is 0 Å². The quantitative estimate of drug-likeness (QED) is 0.197. The minimum Gasteiger partial charge on any atom is -0.394 e. The van der Waals surface area contributed by atoms with E-state index in [1.807, 2.05) is 0 Å². The van der Waals surface area contributed by atoms with Crippen molar-refractivity contribution in [3.63, 3.8) is 0 Å². The first-order valence-corrected chi connectivity index (χ1v) is 8.14. The first-order valence-electron chi connectivity index (χ1n) is 8.14. The minimum absolute atomic E-state index is 0.385. The van der Waals surface area contributed by atoms with Crippen molar-refractivity contribution in [2.45, 2.75) is 61.4 Å². The van der Waals surface area contributed by atoms with Crippen LogP contribution < -0.4 is 0 Å². The molecule has 12 heteroatoms. The molecule has 2 heterocycles. The average molecular weight is 386 g/mol. The molecule has 2 saturated heterocycles. The van der Waals surface area contributed by atoms with Gasteiger partial charge in [-0.25, -0.2) is 0 Å². The third-order valence-electron chi connectivity index (χ3n) is 4.27. The molecule has 2 fully saturated rings. The minimum atomic E-state index is -1.63. The fraction of sp³-hybridized carbons (Fsp3) is 1.00. The highest BCUT2D eigenvalue weighted by atomic mass is 16.7. The predicted molar refractivity (Wildman–Crippen MR) is 79.4 cm³/mol. The van der Waals surface area contributed by atoms with Crippen LogP contribution in [-0.2, 0) is 18.9 Å². The molecule has 8 N–H and O–H groups in total. The van der Waals surface area contributed by atoms with Gasteiger partial charge in [0.15, 0.2) is 12.6 Å². The van der Waals surface area contributed by atoms with Crippen LogP contribution in [0.4, 0.5) is 0 Å². The fourth-order valence-corrected chi connectivity index (χ4v) is 2.75. The number of hydrogen-bond donors (Lipinski definition) is 8. The van der Waals surface area contributed by atoms with Gasteiger partial charge in [0.25, 0.3) is 0 Å². The van der Waals surface area contributed by atoms with Crippen LogP contribution in [0.2, 0.25) is 0 Å². The molecule has 2 rings (SSSR count). The first kappa shape index (κ1) is 21.8. The van der Waals surface area contributed by atoms with Crippen molar-refractivity contribution < 1.29 is 59.8 Å². The van der Waals surface area contributed by atoms with Gasteiger partial charge in [0.05, 0.1) is 26.4 Å². The summed E-state index contributed by atoms with van der Waals surface area (Å²) in [6.45, 7) is -2.18. The molecule has 10 atom stereocenters. The SMILES string of the molecule is OCC(O)CO[C@@H]1O[C@H](CO)[C@@H](O[C@@H]2O[C@@H](CO)[C@H](O)[C@H]2O)[C@H](O)[C@H]1O. The lowest BCUT2D eigenvalue weighted by molar-refractivity contribution is -0.332. The molecule has 0 amide bonds.